The third kappa shape index (κ3) is 3.26. The van der Waals surface area contributed by atoms with Crippen LogP contribution in [0.3, 0.4) is 0 Å². The Kier molecular flexibility index (Phi) is 4.38. The van der Waals surface area contributed by atoms with E-state index in [2.05, 4.69) is 33.5 Å². The van der Waals surface area contributed by atoms with Crippen molar-refractivity contribution in [1.29, 1.82) is 0 Å². The van der Waals surface area contributed by atoms with Crippen molar-refractivity contribution >= 4 is 21.2 Å². The van der Waals surface area contributed by atoms with Crippen molar-refractivity contribution in [2.75, 3.05) is 19.3 Å². The maximum Gasteiger partial charge on any atom is 0.178 e. The van der Waals surface area contributed by atoms with Gasteiger partial charge in [-0.25, -0.2) is 8.42 Å². The van der Waals surface area contributed by atoms with Crippen molar-refractivity contribution in [3.8, 4) is 0 Å². The highest BCUT2D eigenvalue weighted by atomic mass is 32.2. The molecule has 0 aliphatic carbocycles. The minimum Gasteiger partial charge on any atom is -0.298 e. The Morgan fingerprint density at radius 1 is 1.50 bits per heavy atom. The molecule has 0 unspecified atom stereocenters. The van der Waals surface area contributed by atoms with E-state index in [-0.39, 0.29) is 5.92 Å². The molecule has 7 heteroatoms. The summed E-state index contributed by atoms with van der Waals surface area (Å²) in [7, 11) is -3.22. The number of likely N-dealkylation sites (tertiary alicyclic amines) is 1. The van der Waals surface area contributed by atoms with E-state index in [1.54, 1.807) is 11.3 Å². The number of hydrogen-bond donors (Lipinski definition) is 1. The quantitative estimate of drug-likeness (QED) is 0.930. The zero-order valence-electron chi connectivity index (χ0n) is 12.9. The molecule has 22 heavy (non-hydrogen) atoms. The number of piperidine rings is 1. The summed E-state index contributed by atoms with van der Waals surface area (Å²) in [6, 6.07) is 2.15. The number of sulfone groups is 1. The first-order valence-electron chi connectivity index (χ1n) is 7.44. The van der Waals surface area contributed by atoms with Crippen molar-refractivity contribution < 1.29 is 8.42 Å². The van der Waals surface area contributed by atoms with Crippen LogP contribution >= 0.6 is 11.3 Å². The van der Waals surface area contributed by atoms with Gasteiger partial charge in [0, 0.05) is 30.1 Å². The molecule has 2 aromatic rings. The molecule has 0 aromatic carbocycles. The van der Waals surface area contributed by atoms with Crippen molar-refractivity contribution in [3.05, 3.63) is 33.8 Å². The summed E-state index contributed by atoms with van der Waals surface area (Å²) in [5.41, 5.74) is 2.11. The van der Waals surface area contributed by atoms with E-state index >= 15 is 0 Å². The molecule has 0 radical (unpaired) electrons. The summed E-state index contributed by atoms with van der Waals surface area (Å²) in [5, 5.41) is 9.01. The van der Waals surface area contributed by atoms with Crippen LogP contribution in [0.2, 0.25) is 0 Å². The molecule has 1 fully saturated rings. The third-order valence-corrected chi connectivity index (χ3v) is 6.41. The summed E-state index contributed by atoms with van der Waals surface area (Å²) in [4.78, 5) is 4.17. The van der Waals surface area contributed by atoms with Gasteiger partial charge in [0.15, 0.2) is 9.84 Å². The van der Waals surface area contributed by atoms with Gasteiger partial charge in [-0.15, -0.1) is 11.3 Å². The van der Waals surface area contributed by atoms with Crippen LogP contribution in [-0.2, 0) is 16.4 Å². The summed E-state index contributed by atoms with van der Waals surface area (Å²) in [6.07, 6.45) is 4.77. The summed E-state index contributed by atoms with van der Waals surface area (Å²) in [6.45, 7) is 5.03. The fourth-order valence-electron chi connectivity index (χ4n) is 3.08. The Hall–Kier alpha value is -1.18. The second-order valence-corrected chi connectivity index (χ2v) is 9.01. The molecule has 0 amide bonds. The standard InChI is InChI=1S/C15H21N3O2S2/c1-11-5-7-21-13(11)10-18-6-3-4-12(9-18)15-14(8-16-17-15)22(2,19)20/h5,7-8,12H,3-4,6,9-10H2,1-2H3,(H,16,17)/t12-/m1/s1. The monoisotopic (exact) mass is 339 g/mol. The van der Waals surface area contributed by atoms with Gasteiger partial charge in [-0.1, -0.05) is 0 Å². The van der Waals surface area contributed by atoms with Crippen LogP contribution in [0.5, 0.6) is 0 Å². The Labute approximate surface area is 135 Å². The number of H-pyrrole nitrogens is 1. The fraction of sp³-hybridized carbons (Fsp3) is 0.533. The number of aromatic nitrogens is 2. The average Bonchev–Trinajstić information content (AvgIpc) is 3.08. The number of nitrogens with one attached hydrogen (secondary N) is 1. The van der Waals surface area contributed by atoms with Crippen molar-refractivity contribution in [3.63, 3.8) is 0 Å². The van der Waals surface area contributed by atoms with E-state index in [1.165, 1.54) is 22.9 Å². The molecule has 0 spiro atoms. The zero-order valence-corrected chi connectivity index (χ0v) is 14.5. The minimum atomic E-state index is -3.22. The van der Waals surface area contributed by atoms with Gasteiger partial charge >= 0.3 is 0 Å². The van der Waals surface area contributed by atoms with Crippen molar-refractivity contribution in [2.24, 2.45) is 0 Å². The molecule has 1 N–H and O–H groups in total. The van der Waals surface area contributed by atoms with E-state index in [9.17, 15) is 8.42 Å². The lowest BCUT2D eigenvalue weighted by atomic mass is 9.95. The average molecular weight is 339 g/mol. The Balaban J connectivity index is 1.76. The number of rotatable bonds is 4. The van der Waals surface area contributed by atoms with Gasteiger partial charge < -0.3 is 0 Å². The normalized spacial score (nSPS) is 20.4. The molecule has 3 rings (SSSR count). The maximum absolute atomic E-state index is 11.9. The Bertz CT molecular complexity index is 748. The second kappa shape index (κ2) is 6.14. The SMILES string of the molecule is Cc1ccsc1CN1CCC[C@@H](c2[nH]ncc2S(C)(=O)=O)C1. The fourth-order valence-corrected chi connectivity index (χ4v) is 4.88. The first-order chi connectivity index (χ1) is 10.4. The van der Waals surface area contributed by atoms with E-state index in [4.69, 9.17) is 0 Å². The first kappa shape index (κ1) is 15.7. The zero-order chi connectivity index (χ0) is 15.7. The number of nitrogens with zero attached hydrogens (tertiary/aromatic N) is 2. The third-order valence-electron chi connectivity index (χ3n) is 4.28. The van der Waals surface area contributed by atoms with Gasteiger partial charge in [0.1, 0.15) is 4.90 Å². The van der Waals surface area contributed by atoms with Crippen LogP contribution in [0.25, 0.3) is 0 Å². The van der Waals surface area contributed by atoms with Crippen LogP contribution in [0.15, 0.2) is 22.5 Å². The van der Waals surface area contributed by atoms with Gasteiger partial charge in [0.2, 0.25) is 0 Å². The second-order valence-electron chi connectivity index (χ2n) is 6.02. The first-order valence-corrected chi connectivity index (χ1v) is 10.2. The highest BCUT2D eigenvalue weighted by molar-refractivity contribution is 7.90. The smallest absolute Gasteiger partial charge is 0.178 e. The van der Waals surface area contributed by atoms with Gasteiger partial charge in [-0.05, 0) is 43.3 Å². The van der Waals surface area contributed by atoms with Crippen LogP contribution in [-0.4, -0.2) is 42.9 Å². The molecule has 1 saturated heterocycles. The lowest BCUT2D eigenvalue weighted by molar-refractivity contribution is 0.198. The van der Waals surface area contributed by atoms with Crippen LogP contribution in [0.4, 0.5) is 0 Å². The van der Waals surface area contributed by atoms with E-state index < -0.39 is 9.84 Å². The van der Waals surface area contributed by atoms with E-state index in [1.807, 2.05) is 0 Å². The van der Waals surface area contributed by atoms with Crippen molar-refractivity contribution in [2.45, 2.75) is 37.1 Å². The minimum absolute atomic E-state index is 0.209. The molecule has 3 heterocycles. The maximum atomic E-state index is 11.9. The van der Waals surface area contributed by atoms with Gasteiger partial charge in [0.25, 0.3) is 0 Å². The molecule has 5 nitrogen and oxygen atoms in total. The highest BCUT2D eigenvalue weighted by Gasteiger charge is 2.27. The van der Waals surface area contributed by atoms with Crippen LogP contribution < -0.4 is 0 Å². The molecule has 0 bridgehead atoms. The predicted octanol–water partition coefficient (Wildman–Crippen LogP) is 2.56. The van der Waals surface area contributed by atoms with Gasteiger partial charge in [0.05, 0.1) is 11.9 Å². The number of hydrogen-bond acceptors (Lipinski definition) is 5. The Morgan fingerprint density at radius 2 is 2.32 bits per heavy atom. The molecule has 0 saturated carbocycles. The highest BCUT2D eigenvalue weighted by Crippen LogP contribution is 2.31. The molecule has 2 aromatic heterocycles. The Morgan fingerprint density at radius 3 is 3.00 bits per heavy atom. The van der Waals surface area contributed by atoms with Gasteiger partial charge in [-0.3, -0.25) is 10.00 Å². The lowest BCUT2D eigenvalue weighted by Crippen LogP contribution is -2.34. The molecule has 1 aliphatic rings. The molecule has 120 valence electrons. The van der Waals surface area contributed by atoms with E-state index in [0.717, 1.165) is 38.2 Å². The molecule has 1 atom stereocenters. The number of thiophene rings is 1. The topological polar surface area (TPSA) is 66.1 Å². The summed E-state index contributed by atoms with van der Waals surface area (Å²) < 4.78 is 23.7. The largest absolute Gasteiger partial charge is 0.298 e. The molecular formula is C15H21N3O2S2. The predicted molar refractivity (Wildman–Crippen MR) is 88.0 cm³/mol. The van der Waals surface area contributed by atoms with Crippen LogP contribution in [0.1, 0.15) is 34.9 Å². The number of aryl methyl sites for hydroxylation is 1. The van der Waals surface area contributed by atoms with Gasteiger partial charge in [-0.2, -0.15) is 5.10 Å². The van der Waals surface area contributed by atoms with Crippen molar-refractivity contribution in [1.82, 2.24) is 15.1 Å². The summed E-state index contributed by atoms with van der Waals surface area (Å²) in [5.74, 6) is 0.209. The molecular weight excluding hydrogens is 318 g/mol. The lowest BCUT2D eigenvalue weighted by Gasteiger charge is -2.32. The summed E-state index contributed by atoms with van der Waals surface area (Å²) >= 11 is 1.79. The van der Waals surface area contributed by atoms with Crippen LogP contribution in [0, 0.1) is 6.92 Å². The van der Waals surface area contributed by atoms with E-state index in [0.29, 0.717) is 4.90 Å². The molecule has 1 aliphatic heterocycles. The number of aromatic amines is 1.